The Morgan fingerprint density at radius 3 is 2.48 bits per heavy atom. The summed E-state index contributed by atoms with van der Waals surface area (Å²) in [5.74, 6) is 0.734. The standard InChI is InChI=1S/C19H15N5O2S/c1-3-25-17-12(10-20)13(11-8-6-5-7-9-11)14-15-16(27-19(14)21-17)18(26-4-2)23-24-22-15/h5-9H,3-4H2,1-2H3. The van der Waals surface area contributed by atoms with Crippen molar-refractivity contribution >= 4 is 31.8 Å². The lowest BCUT2D eigenvalue weighted by molar-refractivity contribution is 0.326. The van der Waals surface area contributed by atoms with Crippen LogP contribution in [0.4, 0.5) is 0 Å². The van der Waals surface area contributed by atoms with Gasteiger partial charge in [-0.3, -0.25) is 0 Å². The molecule has 0 fully saturated rings. The van der Waals surface area contributed by atoms with Gasteiger partial charge in [0.15, 0.2) is 0 Å². The summed E-state index contributed by atoms with van der Waals surface area (Å²) in [6, 6.07) is 11.9. The first-order valence-electron chi connectivity index (χ1n) is 8.49. The summed E-state index contributed by atoms with van der Waals surface area (Å²) in [5.41, 5.74) is 2.63. The number of pyridine rings is 1. The van der Waals surface area contributed by atoms with E-state index in [9.17, 15) is 5.26 Å². The Balaban J connectivity index is 2.17. The lowest BCUT2D eigenvalue weighted by Crippen LogP contribution is -2.00. The Morgan fingerprint density at radius 1 is 1.04 bits per heavy atom. The van der Waals surface area contributed by atoms with E-state index in [0.717, 1.165) is 21.2 Å². The maximum atomic E-state index is 9.86. The smallest absolute Gasteiger partial charge is 0.255 e. The predicted molar refractivity (Wildman–Crippen MR) is 103 cm³/mol. The van der Waals surface area contributed by atoms with Crippen LogP contribution in [0.1, 0.15) is 19.4 Å². The topological polar surface area (TPSA) is 93.8 Å². The van der Waals surface area contributed by atoms with Gasteiger partial charge < -0.3 is 9.47 Å². The van der Waals surface area contributed by atoms with Crippen LogP contribution in [0.3, 0.4) is 0 Å². The van der Waals surface area contributed by atoms with Gasteiger partial charge in [-0.2, -0.15) is 5.26 Å². The second-order valence-electron chi connectivity index (χ2n) is 5.57. The summed E-state index contributed by atoms with van der Waals surface area (Å²) in [4.78, 5) is 5.29. The molecule has 8 heteroatoms. The molecular weight excluding hydrogens is 362 g/mol. The molecule has 27 heavy (non-hydrogen) atoms. The summed E-state index contributed by atoms with van der Waals surface area (Å²) < 4.78 is 12.0. The number of nitrogens with zero attached hydrogens (tertiary/aromatic N) is 5. The van der Waals surface area contributed by atoms with E-state index in [4.69, 9.17) is 9.47 Å². The van der Waals surface area contributed by atoms with E-state index < -0.39 is 0 Å². The van der Waals surface area contributed by atoms with Crippen molar-refractivity contribution < 1.29 is 9.47 Å². The fourth-order valence-corrected chi connectivity index (χ4v) is 4.01. The van der Waals surface area contributed by atoms with Crippen LogP contribution in [0, 0.1) is 11.3 Å². The number of aromatic nitrogens is 4. The third kappa shape index (κ3) is 2.82. The molecule has 0 aliphatic rings. The highest BCUT2D eigenvalue weighted by molar-refractivity contribution is 7.25. The minimum atomic E-state index is 0.316. The van der Waals surface area contributed by atoms with E-state index >= 15 is 0 Å². The first-order valence-corrected chi connectivity index (χ1v) is 9.30. The molecule has 0 aliphatic carbocycles. The van der Waals surface area contributed by atoms with Crippen LogP contribution in [0.15, 0.2) is 30.3 Å². The highest BCUT2D eigenvalue weighted by Crippen LogP contribution is 2.44. The van der Waals surface area contributed by atoms with Crippen LogP contribution in [0.5, 0.6) is 11.8 Å². The Bertz CT molecular complexity index is 1170. The fraction of sp³-hybridized carbons (Fsp3) is 0.211. The van der Waals surface area contributed by atoms with Gasteiger partial charge in [-0.1, -0.05) is 35.4 Å². The lowest BCUT2D eigenvalue weighted by Gasteiger charge is -2.11. The summed E-state index contributed by atoms with van der Waals surface area (Å²) in [6.07, 6.45) is 0. The molecule has 0 N–H and O–H groups in total. The molecule has 3 aromatic heterocycles. The van der Waals surface area contributed by atoms with Crippen molar-refractivity contribution in [3.8, 4) is 29.0 Å². The van der Waals surface area contributed by atoms with Crippen molar-refractivity contribution in [3.05, 3.63) is 35.9 Å². The molecule has 4 rings (SSSR count). The zero-order chi connectivity index (χ0) is 18.8. The van der Waals surface area contributed by atoms with Crippen molar-refractivity contribution in [2.45, 2.75) is 13.8 Å². The van der Waals surface area contributed by atoms with Crippen LogP contribution in [-0.4, -0.2) is 33.6 Å². The van der Waals surface area contributed by atoms with E-state index in [1.807, 2.05) is 44.2 Å². The molecule has 0 unspecified atom stereocenters. The molecule has 0 radical (unpaired) electrons. The number of benzene rings is 1. The molecule has 0 saturated heterocycles. The number of hydrogen-bond acceptors (Lipinski definition) is 8. The number of ether oxygens (including phenoxy) is 2. The minimum absolute atomic E-state index is 0.316. The van der Waals surface area contributed by atoms with E-state index in [1.54, 1.807) is 0 Å². The van der Waals surface area contributed by atoms with Crippen molar-refractivity contribution in [1.82, 2.24) is 20.4 Å². The molecule has 4 aromatic rings. The number of nitriles is 1. The molecule has 0 atom stereocenters. The first-order chi connectivity index (χ1) is 13.3. The average Bonchev–Trinajstić information content (AvgIpc) is 3.07. The van der Waals surface area contributed by atoms with Crippen molar-refractivity contribution in [2.75, 3.05) is 13.2 Å². The van der Waals surface area contributed by atoms with Gasteiger partial charge >= 0.3 is 0 Å². The Labute approximate surface area is 159 Å². The van der Waals surface area contributed by atoms with Crippen LogP contribution in [-0.2, 0) is 0 Å². The van der Waals surface area contributed by atoms with E-state index in [0.29, 0.717) is 40.9 Å². The average molecular weight is 377 g/mol. The Hall–Kier alpha value is -3.31. The van der Waals surface area contributed by atoms with E-state index in [1.165, 1.54) is 11.3 Å². The number of fused-ring (bicyclic) bond motifs is 3. The zero-order valence-electron chi connectivity index (χ0n) is 14.8. The third-order valence-corrected chi connectivity index (χ3v) is 5.05. The molecular formula is C19H15N5O2S. The number of hydrogen-bond donors (Lipinski definition) is 0. The van der Waals surface area contributed by atoms with Crippen molar-refractivity contribution in [1.29, 1.82) is 5.26 Å². The normalized spacial score (nSPS) is 10.9. The largest absolute Gasteiger partial charge is 0.477 e. The Morgan fingerprint density at radius 2 is 1.78 bits per heavy atom. The van der Waals surface area contributed by atoms with E-state index in [2.05, 4.69) is 26.5 Å². The summed E-state index contributed by atoms with van der Waals surface area (Å²) in [6.45, 7) is 4.63. The molecule has 3 heterocycles. The molecule has 1 aromatic carbocycles. The molecule has 0 aliphatic heterocycles. The van der Waals surface area contributed by atoms with Crippen LogP contribution >= 0.6 is 11.3 Å². The first kappa shape index (κ1) is 17.1. The van der Waals surface area contributed by atoms with Gasteiger partial charge in [0.1, 0.15) is 26.7 Å². The van der Waals surface area contributed by atoms with Gasteiger partial charge in [-0.25, -0.2) is 4.98 Å². The monoisotopic (exact) mass is 377 g/mol. The second kappa shape index (κ2) is 7.13. The molecule has 134 valence electrons. The van der Waals surface area contributed by atoms with Gasteiger partial charge in [0.05, 0.1) is 13.2 Å². The predicted octanol–water partition coefficient (Wildman–Crippen LogP) is 3.97. The summed E-state index contributed by atoms with van der Waals surface area (Å²) >= 11 is 1.41. The Kier molecular flexibility index (Phi) is 4.52. The van der Waals surface area contributed by atoms with Crippen molar-refractivity contribution in [3.63, 3.8) is 0 Å². The molecule has 0 bridgehead atoms. The van der Waals surface area contributed by atoms with Crippen molar-refractivity contribution in [2.24, 2.45) is 0 Å². The SMILES string of the molecule is CCOc1nc2sc3c(OCC)nnnc3c2c(-c2ccccc2)c1C#N. The van der Waals surface area contributed by atoms with E-state index in [-0.39, 0.29) is 0 Å². The van der Waals surface area contributed by atoms with Gasteiger partial charge in [0.25, 0.3) is 5.88 Å². The van der Waals surface area contributed by atoms with Crippen LogP contribution < -0.4 is 9.47 Å². The number of thiophene rings is 1. The fourth-order valence-electron chi connectivity index (χ4n) is 2.96. The molecule has 0 saturated carbocycles. The maximum Gasteiger partial charge on any atom is 0.255 e. The van der Waals surface area contributed by atoms with Crippen LogP contribution in [0.25, 0.3) is 31.6 Å². The minimum Gasteiger partial charge on any atom is -0.477 e. The summed E-state index contributed by atoms with van der Waals surface area (Å²) in [7, 11) is 0. The quantitative estimate of drug-likeness (QED) is 0.519. The van der Waals surface area contributed by atoms with Gasteiger partial charge in [0, 0.05) is 10.9 Å². The van der Waals surface area contributed by atoms with Gasteiger partial charge in [0.2, 0.25) is 5.88 Å². The molecule has 0 spiro atoms. The molecule has 0 amide bonds. The highest BCUT2D eigenvalue weighted by Gasteiger charge is 2.24. The lowest BCUT2D eigenvalue weighted by atomic mass is 9.98. The maximum absolute atomic E-state index is 9.86. The van der Waals surface area contributed by atoms with Gasteiger partial charge in [-0.15, -0.1) is 16.4 Å². The second-order valence-corrected chi connectivity index (χ2v) is 6.56. The van der Waals surface area contributed by atoms with Gasteiger partial charge in [-0.05, 0) is 24.6 Å². The third-order valence-electron chi connectivity index (χ3n) is 3.99. The highest BCUT2D eigenvalue weighted by atomic mass is 32.1. The zero-order valence-corrected chi connectivity index (χ0v) is 15.6. The van der Waals surface area contributed by atoms with Crippen LogP contribution in [0.2, 0.25) is 0 Å². The molecule has 7 nitrogen and oxygen atoms in total. The summed E-state index contributed by atoms with van der Waals surface area (Å²) in [5, 5.41) is 22.7. The number of rotatable bonds is 5.